The smallest absolute Gasteiger partial charge is 0.217 e. The summed E-state index contributed by atoms with van der Waals surface area (Å²) < 4.78 is 7.96. The van der Waals surface area contributed by atoms with E-state index in [0.29, 0.717) is 11.1 Å². The van der Waals surface area contributed by atoms with Gasteiger partial charge >= 0.3 is 0 Å². The lowest BCUT2D eigenvalue weighted by atomic mass is 9.91. The molecule has 0 aromatic carbocycles. The summed E-state index contributed by atoms with van der Waals surface area (Å²) >= 11 is 6.39. The molecular weight excluding hydrogens is 302 g/mol. The Labute approximate surface area is 137 Å². The van der Waals surface area contributed by atoms with Gasteiger partial charge in [0.1, 0.15) is 5.15 Å². The Hall–Kier alpha value is -1.07. The van der Waals surface area contributed by atoms with Crippen LogP contribution in [0, 0.1) is 12.8 Å². The number of carbonyl (C=O) groups is 1. The Bertz CT molecular complexity index is 542. The Kier molecular flexibility index (Phi) is 5.50. The summed E-state index contributed by atoms with van der Waals surface area (Å²) in [4.78, 5) is 11.4. The molecule has 0 spiro atoms. The maximum absolute atomic E-state index is 11.4. The van der Waals surface area contributed by atoms with E-state index in [4.69, 9.17) is 16.3 Å². The highest BCUT2D eigenvalue weighted by atomic mass is 35.5. The summed E-state index contributed by atoms with van der Waals surface area (Å²) in [5.74, 6) is 0.551. The zero-order valence-electron chi connectivity index (χ0n) is 14.0. The molecule has 0 radical (unpaired) electrons. The first-order chi connectivity index (χ1) is 10.3. The summed E-state index contributed by atoms with van der Waals surface area (Å²) in [6.07, 6.45) is 2.58. The number of ether oxygens (including phenoxy) is 1. The van der Waals surface area contributed by atoms with Crippen molar-refractivity contribution < 1.29 is 9.53 Å². The van der Waals surface area contributed by atoms with Gasteiger partial charge in [0.15, 0.2) is 0 Å². The first kappa shape index (κ1) is 17.3. The summed E-state index contributed by atoms with van der Waals surface area (Å²) in [7, 11) is 1.83. The van der Waals surface area contributed by atoms with Crippen molar-refractivity contribution in [3.8, 4) is 0 Å². The van der Waals surface area contributed by atoms with Gasteiger partial charge in [0, 0.05) is 25.6 Å². The summed E-state index contributed by atoms with van der Waals surface area (Å²) in [6.45, 7) is 7.87. The van der Waals surface area contributed by atoms with Gasteiger partial charge in [0.05, 0.1) is 17.9 Å². The van der Waals surface area contributed by atoms with Crippen molar-refractivity contribution in [1.82, 2.24) is 15.1 Å². The summed E-state index contributed by atoms with van der Waals surface area (Å²) in [6, 6.07) is 0.121. The fourth-order valence-electron chi connectivity index (χ4n) is 3.30. The standard InChI is InChI=1S/C16H26ClN3O2/c1-9(2)6-13-7-12(18-11(4)21)8-14(22-13)15-10(3)19-20(5)16(15)17/h9,12-14H,6-8H2,1-5H3,(H,18,21)/t12-,13+,14+/m1/s1. The maximum atomic E-state index is 11.4. The topological polar surface area (TPSA) is 56.1 Å². The van der Waals surface area contributed by atoms with Crippen molar-refractivity contribution in [3.63, 3.8) is 0 Å². The van der Waals surface area contributed by atoms with Gasteiger partial charge in [-0.1, -0.05) is 25.4 Å². The number of rotatable bonds is 4. The van der Waals surface area contributed by atoms with Crippen molar-refractivity contribution in [1.29, 1.82) is 0 Å². The van der Waals surface area contributed by atoms with E-state index >= 15 is 0 Å². The third-order valence-electron chi connectivity index (χ3n) is 4.06. The zero-order chi connectivity index (χ0) is 16.4. The number of nitrogens with one attached hydrogen (secondary N) is 1. The number of hydrogen-bond donors (Lipinski definition) is 1. The molecule has 0 saturated carbocycles. The van der Waals surface area contributed by atoms with Gasteiger partial charge in [-0.25, -0.2) is 0 Å². The average Bonchev–Trinajstić information content (AvgIpc) is 2.61. The second kappa shape index (κ2) is 7.01. The van der Waals surface area contributed by atoms with E-state index < -0.39 is 0 Å². The largest absolute Gasteiger partial charge is 0.370 e. The first-order valence-electron chi connectivity index (χ1n) is 7.89. The minimum absolute atomic E-state index is 0.00273. The van der Waals surface area contributed by atoms with Crippen LogP contribution in [0.2, 0.25) is 5.15 Å². The van der Waals surface area contributed by atoms with E-state index in [9.17, 15) is 4.79 Å². The second-order valence-corrected chi connectivity index (χ2v) is 7.02. The predicted molar refractivity (Wildman–Crippen MR) is 86.9 cm³/mol. The van der Waals surface area contributed by atoms with Crippen LogP contribution in [0.1, 0.15) is 57.4 Å². The molecule has 2 heterocycles. The molecule has 124 valence electrons. The highest BCUT2D eigenvalue weighted by molar-refractivity contribution is 6.30. The van der Waals surface area contributed by atoms with E-state index in [1.165, 1.54) is 0 Å². The van der Waals surface area contributed by atoms with Crippen LogP contribution in [0.4, 0.5) is 0 Å². The fraction of sp³-hybridized carbons (Fsp3) is 0.750. The summed E-state index contributed by atoms with van der Waals surface area (Å²) in [5.41, 5.74) is 1.84. The molecule has 6 heteroatoms. The monoisotopic (exact) mass is 327 g/mol. The van der Waals surface area contributed by atoms with Gasteiger partial charge in [-0.3, -0.25) is 9.48 Å². The molecule has 22 heavy (non-hydrogen) atoms. The van der Waals surface area contributed by atoms with E-state index in [1.807, 2.05) is 14.0 Å². The van der Waals surface area contributed by atoms with Crippen LogP contribution >= 0.6 is 11.6 Å². The molecule has 1 aliphatic heterocycles. The number of aryl methyl sites for hydroxylation is 2. The third kappa shape index (κ3) is 4.02. The van der Waals surface area contributed by atoms with Crippen LogP contribution < -0.4 is 5.32 Å². The van der Waals surface area contributed by atoms with Gasteiger partial charge in [0.25, 0.3) is 0 Å². The van der Waals surface area contributed by atoms with Gasteiger partial charge in [-0.2, -0.15) is 5.10 Å². The number of aromatic nitrogens is 2. The molecule has 1 aromatic heterocycles. The van der Waals surface area contributed by atoms with E-state index in [1.54, 1.807) is 11.6 Å². The van der Waals surface area contributed by atoms with Crippen molar-refractivity contribution in [2.24, 2.45) is 13.0 Å². The normalized spacial score (nSPS) is 25.5. The highest BCUT2D eigenvalue weighted by Crippen LogP contribution is 2.38. The van der Waals surface area contributed by atoms with Crippen LogP contribution in [0.5, 0.6) is 0 Å². The van der Waals surface area contributed by atoms with Crippen molar-refractivity contribution in [2.45, 2.75) is 65.2 Å². The minimum Gasteiger partial charge on any atom is -0.370 e. The molecule has 0 aliphatic carbocycles. The fourth-order valence-corrected chi connectivity index (χ4v) is 3.59. The van der Waals surface area contributed by atoms with Crippen molar-refractivity contribution in [2.75, 3.05) is 0 Å². The first-order valence-corrected chi connectivity index (χ1v) is 8.27. The van der Waals surface area contributed by atoms with Crippen LogP contribution in [0.15, 0.2) is 0 Å². The molecule has 3 atom stereocenters. The number of amides is 1. The molecule has 1 N–H and O–H groups in total. The van der Waals surface area contributed by atoms with Gasteiger partial charge in [-0.05, 0) is 32.1 Å². The quantitative estimate of drug-likeness (QED) is 0.924. The lowest BCUT2D eigenvalue weighted by Gasteiger charge is -2.36. The Balaban J connectivity index is 2.23. The molecule has 1 aromatic rings. The van der Waals surface area contributed by atoms with Crippen LogP contribution in [-0.2, 0) is 16.6 Å². The molecular formula is C16H26ClN3O2. The molecule has 1 saturated heterocycles. The maximum Gasteiger partial charge on any atom is 0.217 e. The highest BCUT2D eigenvalue weighted by Gasteiger charge is 2.34. The van der Waals surface area contributed by atoms with Crippen LogP contribution in [-0.4, -0.2) is 27.8 Å². The lowest BCUT2D eigenvalue weighted by Crippen LogP contribution is -2.42. The number of hydrogen-bond acceptors (Lipinski definition) is 3. The molecule has 0 unspecified atom stereocenters. The van der Waals surface area contributed by atoms with Crippen LogP contribution in [0.25, 0.3) is 0 Å². The number of carbonyl (C=O) groups excluding carboxylic acids is 1. The second-order valence-electron chi connectivity index (χ2n) is 6.66. The van der Waals surface area contributed by atoms with Gasteiger partial charge in [0.2, 0.25) is 5.91 Å². The lowest BCUT2D eigenvalue weighted by molar-refractivity contribution is -0.122. The Morgan fingerprint density at radius 2 is 2.18 bits per heavy atom. The minimum atomic E-state index is -0.115. The SMILES string of the molecule is CC(=O)N[C@@H]1C[C@H](CC(C)C)O[C@H](c2c(C)nn(C)c2Cl)C1. The van der Waals surface area contributed by atoms with Crippen LogP contribution in [0.3, 0.4) is 0 Å². The van der Waals surface area contributed by atoms with Crippen molar-refractivity contribution >= 4 is 17.5 Å². The Morgan fingerprint density at radius 3 is 2.68 bits per heavy atom. The van der Waals surface area contributed by atoms with Crippen molar-refractivity contribution in [3.05, 3.63) is 16.4 Å². The molecule has 1 aliphatic rings. The molecule has 1 fully saturated rings. The zero-order valence-corrected chi connectivity index (χ0v) is 14.8. The molecule has 5 nitrogen and oxygen atoms in total. The van der Waals surface area contributed by atoms with E-state index in [2.05, 4.69) is 24.3 Å². The summed E-state index contributed by atoms with van der Waals surface area (Å²) in [5, 5.41) is 8.04. The van der Waals surface area contributed by atoms with Gasteiger partial charge < -0.3 is 10.1 Å². The molecule has 2 rings (SSSR count). The number of nitrogens with zero attached hydrogens (tertiary/aromatic N) is 2. The van der Waals surface area contributed by atoms with Gasteiger partial charge in [-0.15, -0.1) is 0 Å². The van der Waals surface area contributed by atoms with E-state index in [0.717, 1.165) is 30.5 Å². The predicted octanol–water partition coefficient (Wildman–Crippen LogP) is 3.15. The number of halogens is 1. The molecule has 1 amide bonds. The Morgan fingerprint density at radius 1 is 1.50 bits per heavy atom. The third-order valence-corrected chi connectivity index (χ3v) is 4.51. The average molecular weight is 328 g/mol. The molecule has 0 bridgehead atoms. The van der Waals surface area contributed by atoms with E-state index in [-0.39, 0.29) is 24.2 Å².